The number of piperazine rings is 1. The van der Waals surface area contributed by atoms with Crippen LogP contribution < -0.4 is 10.1 Å². The zero-order chi connectivity index (χ0) is 27.7. The van der Waals surface area contributed by atoms with E-state index < -0.39 is 12.2 Å². The number of nitrogens with zero attached hydrogens (tertiary/aromatic N) is 6. The molecule has 2 bridgehead atoms. The summed E-state index contributed by atoms with van der Waals surface area (Å²) < 4.78 is 7.58. The molecule has 4 atom stereocenters. The van der Waals surface area contributed by atoms with Crippen molar-refractivity contribution in [3.05, 3.63) is 24.3 Å². The lowest BCUT2D eigenvalue weighted by Gasteiger charge is -2.41. The van der Waals surface area contributed by atoms with Crippen molar-refractivity contribution < 1.29 is 19.4 Å². The number of piperidine rings is 1. The number of β-amino-alcohol motifs (C(OH)–C–C–N with tert-alkyl or cyclic N) is 1. The minimum atomic E-state index is -0.459. The summed E-state index contributed by atoms with van der Waals surface area (Å²) in [5.74, 6) is 0.340. The number of aliphatic hydroxyl groups is 1. The van der Waals surface area contributed by atoms with Crippen molar-refractivity contribution >= 4 is 23.0 Å². The van der Waals surface area contributed by atoms with Gasteiger partial charge in [-0.2, -0.15) is 0 Å². The van der Waals surface area contributed by atoms with E-state index in [1.54, 1.807) is 19.0 Å². The smallest absolute Gasteiger partial charge is 0.390 e. The number of carbonyl (C=O) groups is 2. The van der Waals surface area contributed by atoms with Gasteiger partial charge in [-0.25, -0.2) is 9.59 Å². The molecule has 0 radical (unpaired) electrons. The van der Waals surface area contributed by atoms with Crippen molar-refractivity contribution in [2.45, 2.75) is 69.8 Å². The van der Waals surface area contributed by atoms with Gasteiger partial charge in [0.15, 0.2) is 0 Å². The van der Waals surface area contributed by atoms with E-state index in [1.807, 2.05) is 33.8 Å². The number of amides is 3. The van der Waals surface area contributed by atoms with Crippen molar-refractivity contribution in [2.24, 2.45) is 0 Å². The molecule has 3 fully saturated rings. The third-order valence-corrected chi connectivity index (χ3v) is 8.38. The molecule has 2 N–H and O–H groups in total. The maximum Gasteiger partial charge on any atom is 0.414 e. The molecular weight excluding hydrogens is 498 g/mol. The number of aliphatic hydroxyl groups excluding tert-OH is 1. The standard InChI is InChI=1S/C28H43N7O4/c1-19(2)35-25-8-6-5-7-24(25)26(30-35)39-27(37)29-20-15-21-9-10-22(16-20)34(21)18-23(36)17-32-11-13-33(14-12-32)28(38)31(3)4/h5-8,19-23,36H,9-18H2,1-4H3,(H,29,37)/t20-,21-,22+,23?. The van der Waals surface area contributed by atoms with Crippen LogP contribution >= 0.6 is 0 Å². The third-order valence-electron chi connectivity index (χ3n) is 8.38. The first kappa shape index (κ1) is 27.7. The molecule has 11 nitrogen and oxygen atoms in total. The van der Waals surface area contributed by atoms with Crippen LogP contribution in [0.3, 0.4) is 0 Å². The highest BCUT2D eigenvalue weighted by Crippen LogP contribution is 2.36. The zero-order valence-electron chi connectivity index (χ0n) is 23.6. The third kappa shape index (κ3) is 6.15. The average Bonchev–Trinajstić information content (AvgIpc) is 3.37. The lowest BCUT2D eigenvalue weighted by Crippen LogP contribution is -2.55. The Kier molecular flexibility index (Phi) is 8.29. The first-order chi connectivity index (χ1) is 18.7. The largest absolute Gasteiger partial charge is 0.414 e. The molecule has 5 rings (SSSR count). The first-order valence-electron chi connectivity index (χ1n) is 14.3. The van der Waals surface area contributed by atoms with Crippen molar-refractivity contribution in [3.8, 4) is 5.88 Å². The number of ether oxygens (including phenoxy) is 1. The van der Waals surface area contributed by atoms with Gasteiger partial charge in [-0.15, -0.1) is 5.10 Å². The van der Waals surface area contributed by atoms with Gasteiger partial charge in [0.05, 0.1) is 17.0 Å². The number of benzene rings is 1. The summed E-state index contributed by atoms with van der Waals surface area (Å²) in [4.78, 5) is 33.2. The van der Waals surface area contributed by atoms with Gasteiger partial charge in [-0.3, -0.25) is 14.5 Å². The van der Waals surface area contributed by atoms with Crippen LogP contribution in [-0.4, -0.2) is 124 Å². The van der Waals surface area contributed by atoms with Gasteiger partial charge in [-0.1, -0.05) is 12.1 Å². The molecule has 2 aromatic rings. The second-order valence-electron chi connectivity index (χ2n) is 11.8. The topological polar surface area (TPSA) is 106 Å². The fourth-order valence-corrected chi connectivity index (χ4v) is 6.51. The molecular formula is C28H43N7O4. The van der Waals surface area contributed by atoms with E-state index in [4.69, 9.17) is 4.74 Å². The van der Waals surface area contributed by atoms with Crippen LogP contribution in [-0.2, 0) is 0 Å². The summed E-state index contributed by atoms with van der Waals surface area (Å²) in [7, 11) is 3.55. The zero-order valence-corrected chi connectivity index (χ0v) is 23.6. The molecule has 11 heteroatoms. The SMILES string of the molecule is CC(C)n1nc(OC(=O)N[C@@H]2C[C@H]3CC[C@@H](C2)N3CC(O)CN2CCN(C(=O)N(C)C)CC2)c2ccccc21. The van der Waals surface area contributed by atoms with Crippen molar-refractivity contribution in [2.75, 3.05) is 53.4 Å². The van der Waals surface area contributed by atoms with E-state index in [2.05, 4.69) is 34.1 Å². The van der Waals surface area contributed by atoms with Crippen LogP contribution in [0.25, 0.3) is 10.9 Å². The van der Waals surface area contributed by atoms with E-state index in [-0.39, 0.29) is 18.1 Å². The summed E-state index contributed by atoms with van der Waals surface area (Å²) in [5, 5.41) is 19.4. The Morgan fingerprint density at radius 1 is 1.08 bits per heavy atom. The van der Waals surface area contributed by atoms with E-state index in [0.717, 1.165) is 49.7 Å². The molecule has 0 aliphatic carbocycles. The number of urea groups is 1. The highest BCUT2D eigenvalue weighted by atomic mass is 16.6. The lowest BCUT2D eigenvalue weighted by atomic mass is 9.97. The molecule has 4 heterocycles. The number of para-hydroxylation sites is 1. The van der Waals surface area contributed by atoms with Crippen LogP contribution in [0.5, 0.6) is 5.88 Å². The predicted octanol–water partition coefficient (Wildman–Crippen LogP) is 2.36. The van der Waals surface area contributed by atoms with Gasteiger partial charge in [0.2, 0.25) is 0 Å². The summed E-state index contributed by atoms with van der Waals surface area (Å²) in [6.45, 7) is 8.31. The molecule has 3 amide bonds. The van der Waals surface area contributed by atoms with E-state index in [0.29, 0.717) is 44.1 Å². The van der Waals surface area contributed by atoms with Crippen molar-refractivity contribution in [1.29, 1.82) is 0 Å². The van der Waals surface area contributed by atoms with Gasteiger partial charge < -0.3 is 25.0 Å². The summed E-state index contributed by atoms with van der Waals surface area (Å²) in [6.07, 6.45) is 2.97. The van der Waals surface area contributed by atoms with Gasteiger partial charge in [-0.05, 0) is 51.7 Å². The molecule has 3 aliphatic rings. The molecule has 39 heavy (non-hydrogen) atoms. The van der Waals surface area contributed by atoms with Crippen LogP contribution in [0.4, 0.5) is 9.59 Å². The molecule has 3 aliphatic heterocycles. The quantitative estimate of drug-likeness (QED) is 0.554. The Bertz CT molecular complexity index is 1150. The summed E-state index contributed by atoms with van der Waals surface area (Å²) >= 11 is 0. The molecule has 0 saturated carbocycles. The number of nitrogens with one attached hydrogen (secondary N) is 1. The summed E-state index contributed by atoms with van der Waals surface area (Å²) in [5.41, 5.74) is 0.948. The average molecular weight is 542 g/mol. The lowest BCUT2D eigenvalue weighted by molar-refractivity contribution is 0.0249. The monoisotopic (exact) mass is 541 g/mol. The number of hydrogen-bond acceptors (Lipinski definition) is 7. The van der Waals surface area contributed by atoms with Crippen LogP contribution in [0.15, 0.2) is 24.3 Å². The van der Waals surface area contributed by atoms with Gasteiger partial charge >= 0.3 is 12.1 Å². The Balaban J connectivity index is 1.10. The Hall–Kier alpha value is -2.89. The number of carbonyl (C=O) groups excluding carboxylic acids is 2. The van der Waals surface area contributed by atoms with Crippen LogP contribution in [0.1, 0.15) is 45.6 Å². The highest BCUT2D eigenvalue weighted by molar-refractivity contribution is 5.87. The first-order valence-corrected chi connectivity index (χ1v) is 14.3. The molecule has 3 saturated heterocycles. The van der Waals surface area contributed by atoms with Crippen LogP contribution in [0, 0.1) is 0 Å². The Labute approximate surface area is 230 Å². The number of rotatable bonds is 7. The van der Waals surface area contributed by atoms with E-state index >= 15 is 0 Å². The van der Waals surface area contributed by atoms with E-state index in [9.17, 15) is 14.7 Å². The van der Waals surface area contributed by atoms with Gasteiger partial charge in [0.25, 0.3) is 5.88 Å². The number of hydrogen-bond donors (Lipinski definition) is 2. The maximum atomic E-state index is 12.9. The number of fused-ring (bicyclic) bond motifs is 3. The highest BCUT2D eigenvalue weighted by Gasteiger charge is 2.42. The molecule has 1 aromatic heterocycles. The van der Waals surface area contributed by atoms with E-state index in [1.165, 1.54) is 0 Å². The molecule has 1 unspecified atom stereocenters. The van der Waals surface area contributed by atoms with Gasteiger partial charge in [0.1, 0.15) is 0 Å². The number of aromatic nitrogens is 2. The molecule has 1 aromatic carbocycles. The fraction of sp³-hybridized carbons (Fsp3) is 0.679. The minimum Gasteiger partial charge on any atom is -0.390 e. The minimum absolute atomic E-state index is 0.0455. The second kappa shape index (κ2) is 11.7. The fourth-order valence-electron chi connectivity index (χ4n) is 6.51. The second-order valence-corrected chi connectivity index (χ2v) is 11.8. The molecule has 0 spiro atoms. The van der Waals surface area contributed by atoms with Gasteiger partial charge in [0, 0.05) is 77.5 Å². The van der Waals surface area contributed by atoms with Crippen molar-refractivity contribution in [1.82, 2.24) is 34.7 Å². The summed E-state index contributed by atoms with van der Waals surface area (Å²) in [6, 6.07) is 8.74. The maximum absolute atomic E-state index is 12.9. The normalized spacial score (nSPS) is 24.8. The Morgan fingerprint density at radius 3 is 2.38 bits per heavy atom. The molecule has 214 valence electrons. The Morgan fingerprint density at radius 2 is 1.74 bits per heavy atom. The van der Waals surface area contributed by atoms with Crippen LogP contribution in [0.2, 0.25) is 0 Å². The van der Waals surface area contributed by atoms with Crippen molar-refractivity contribution in [3.63, 3.8) is 0 Å². The predicted molar refractivity (Wildman–Crippen MR) is 149 cm³/mol.